The van der Waals surface area contributed by atoms with Crippen molar-refractivity contribution in [3.63, 3.8) is 0 Å². The lowest BCUT2D eigenvalue weighted by molar-refractivity contribution is 0.414. The lowest BCUT2D eigenvalue weighted by Gasteiger charge is -2.22. The van der Waals surface area contributed by atoms with Gasteiger partial charge in [-0.1, -0.05) is 23.9 Å². The second kappa shape index (κ2) is 6.61. The third kappa shape index (κ3) is 2.90. The topological polar surface area (TPSA) is 39.4 Å². The minimum absolute atomic E-state index is 0.114. The average Bonchev–Trinajstić information content (AvgIpc) is 2.98. The molecule has 1 aliphatic heterocycles. The van der Waals surface area contributed by atoms with Crippen LogP contribution in [0.3, 0.4) is 0 Å². The maximum Gasteiger partial charge on any atom is 0.161 e. The number of hydrogen-bond acceptors (Lipinski definition) is 4. The van der Waals surface area contributed by atoms with Gasteiger partial charge in [0.1, 0.15) is 11.6 Å². The number of aromatic nitrogens is 2. The Balaban J connectivity index is 1.83. The minimum atomic E-state index is -0.266. The highest BCUT2D eigenvalue weighted by atomic mass is 32.2. The van der Waals surface area contributed by atoms with Gasteiger partial charge in [0, 0.05) is 5.56 Å². The largest absolute Gasteiger partial charge is 0.497 e. The van der Waals surface area contributed by atoms with Crippen LogP contribution in [0, 0.1) is 12.7 Å². The van der Waals surface area contributed by atoms with Gasteiger partial charge in [0.2, 0.25) is 0 Å². The summed E-state index contributed by atoms with van der Waals surface area (Å²) >= 11 is 1.72. The number of halogens is 1. The molecule has 26 heavy (non-hydrogen) atoms. The Hall–Kier alpha value is -2.60. The monoisotopic (exact) mass is 367 g/mol. The molecular weight excluding hydrogens is 349 g/mol. The highest BCUT2D eigenvalue weighted by Gasteiger charge is 2.30. The molecule has 6 heteroatoms. The van der Waals surface area contributed by atoms with Crippen molar-refractivity contribution in [2.75, 3.05) is 7.11 Å². The van der Waals surface area contributed by atoms with Crippen molar-refractivity contribution in [2.24, 2.45) is 4.99 Å². The summed E-state index contributed by atoms with van der Waals surface area (Å²) in [4.78, 5) is 4.74. The molecule has 0 unspecified atom stereocenters. The summed E-state index contributed by atoms with van der Waals surface area (Å²) in [6.45, 7) is 3.99. The zero-order chi connectivity index (χ0) is 18.3. The van der Waals surface area contributed by atoms with Gasteiger partial charge in [0.15, 0.2) is 5.82 Å². The molecule has 1 atom stereocenters. The van der Waals surface area contributed by atoms with E-state index in [1.165, 1.54) is 17.7 Å². The van der Waals surface area contributed by atoms with E-state index in [4.69, 9.17) is 9.73 Å². The van der Waals surface area contributed by atoms with Crippen molar-refractivity contribution < 1.29 is 9.13 Å². The van der Waals surface area contributed by atoms with E-state index in [0.29, 0.717) is 0 Å². The van der Waals surface area contributed by atoms with Gasteiger partial charge in [-0.25, -0.2) is 14.1 Å². The first-order chi connectivity index (χ1) is 12.6. The van der Waals surface area contributed by atoms with Crippen LogP contribution in [0.25, 0.3) is 5.69 Å². The first-order valence-corrected chi connectivity index (χ1v) is 9.16. The molecule has 0 radical (unpaired) electrons. The Labute approximate surface area is 155 Å². The average molecular weight is 367 g/mol. The van der Waals surface area contributed by atoms with E-state index in [9.17, 15) is 4.39 Å². The van der Waals surface area contributed by atoms with Gasteiger partial charge in [-0.3, -0.25) is 0 Å². The Kier molecular flexibility index (Phi) is 4.28. The van der Waals surface area contributed by atoms with Gasteiger partial charge < -0.3 is 4.74 Å². The fraction of sp³-hybridized carbons (Fsp3) is 0.200. The number of ether oxygens (including phenoxy) is 1. The first-order valence-electron chi connectivity index (χ1n) is 8.28. The highest BCUT2D eigenvalue weighted by molar-refractivity contribution is 8.14. The van der Waals surface area contributed by atoms with Gasteiger partial charge in [0.25, 0.3) is 0 Å². The number of thioether (sulfide) groups is 1. The molecule has 2 heterocycles. The van der Waals surface area contributed by atoms with E-state index in [2.05, 4.69) is 17.2 Å². The number of aryl methyl sites for hydroxylation is 1. The number of nitrogens with zero attached hydrogens (tertiary/aromatic N) is 3. The van der Waals surface area contributed by atoms with E-state index in [0.717, 1.165) is 33.6 Å². The van der Waals surface area contributed by atoms with E-state index in [1.807, 2.05) is 26.0 Å². The fourth-order valence-electron chi connectivity index (χ4n) is 3.12. The summed E-state index contributed by atoms with van der Waals surface area (Å²) in [5, 5.41) is 5.77. The van der Waals surface area contributed by atoms with Crippen molar-refractivity contribution in [2.45, 2.75) is 19.1 Å². The quantitative estimate of drug-likeness (QED) is 0.637. The molecule has 0 aliphatic carbocycles. The van der Waals surface area contributed by atoms with Crippen LogP contribution in [-0.4, -0.2) is 21.9 Å². The minimum Gasteiger partial charge on any atom is -0.497 e. The summed E-state index contributed by atoms with van der Waals surface area (Å²) < 4.78 is 20.3. The van der Waals surface area contributed by atoms with Gasteiger partial charge in [-0.2, -0.15) is 5.10 Å². The van der Waals surface area contributed by atoms with E-state index in [1.54, 1.807) is 35.7 Å². The predicted molar refractivity (Wildman–Crippen MR) is 103 cm³/mol. The zero-order valence-electron chi connectivity index (χ0n) is 14.7. The third-order valence-electron chi connectivity index (χ3n) is 4.39. The number of aliphatic imine (C=N–C) groups is 1. The van der Waals surface area contributed by atoms with E-state index < -0.39 is 0 Å². The molecule has 1 aliphatic rings. The molecule has 132 valence electrons. The summed E-state index contributed by atoms with van der Waals surface area (Å²) in [5.74, 6) is 1.38. The maximum absolute atomic E-state index is 13.3. The SMILES string of the molecule is COc1ccc([C@@H]2SC(C)=Nc3c2c(C)nn3-c2ccc(F)cc2)cc1. The standard InChI is InChI=1S/C20H18FN3OS/c1-12-18-19(14-4-10-17(25-3)11-5-14)26-13(2)22-20(18)24(23-12)16-8-6-15(21)7-9-16/h4-11,19H,1-3H3/t19-/m0/s1. The molecule has 3 aromatic rings. The number of rotatable bonds is 3. The smallest absolute Gasteiger partial charge is 0.161 e. The summed E-state index contributed by atoms with van der Waals surface area (Å²) in [6.07, 6.45) is 0. The van der Waals surface area contributed by atoms with Crippen molar-refractivity contribution in [1.29, 1.82) is 0 Å². The molecule has 0 spiro atoms. The lowest BCUT2D eigenvalue weighted by atomic mass is 10.0. The summed E-state index contributed by atoms with van der Waals surface area (Å²) in [6, 6.07) is 14.4. The van der Waals surface area contributed by atoms with Gasteiger partial charge in [-0.15, -0.1) is 0 Å². The lowest BCUT2D eigenvalue weighted by Crippen LogP contribution is -2.06. The normalized spacial score (nSPS) is 16.2. The molecule has 0 fully saturated rings. The molecule has 2 aromatic carbocycles. The number of fused-ring (bicyclic) bond motifs is 1. The molecule has 0 N–H and O–H groups in total. The van der Waals surface area contributed by atoms with Gasteiger partial charge in [-0.05, 0) is 55.8 Å². The highest BCUT2D eigenvalue weighted by Crippen LogP contribution is 2.47. The van der Waals surface area contributed by atoms with Crippen LogP contribution in [0.5, 0.6) is 5.75 Å². The molecule has 0 saturated heterocycles. The summed E-state index contributed by atoms with van der Waals surface area (Å²) in [7, 11) is 1.66. The zero-order valence-corrected chi connectivity index (χ0v) is 15.5. The first kappa shape index (κ1) is 16.8. The van der Waals surface area contributed by atoms with Crippen LogP contribution in [0.2, 0.25) is 0 Å². The Morgan fingerprint density at radius 1 is 1.04 bits per heavy atom. The molecular formula is C20H18FN3OS. The van der Waals surface area contributed by atoms with Gasteiger partial charge >= 0.3 is 0 Å². The van der Waals surface area contributed by atoms with Crippen LogP contribution >= 0.6 is 11.8 Å². The maximum atomic E-state index is 13.3. The van der Waals surface area contributed by atoms with Crippen LogP contribution < -0.4 is 4.74 Å². The van der Waals surface area contributed by atoms with Crippen LogP contribution in [0.4, 0.5) is 10.2 Å². The van der Waals surface area contributed by atoms with E-state index in [-0.39, 0.29) is 11.1 Å². The predicted octanol–water partition coefficient (Wildman–Crippen LogP) is 5.21. The fourth-order valence-corrected chi connectivity index (χ4v) is 4.29. The third-order valence-corrected chi connectivity index (χ3v) is 5.56. The van der Waals surface area contributed by atoms with Gasteiger partial charge in [0.05, 0.1) is 28.8 Å². The Morgan fingerprint density at radius 3 is 2.38 bits per heavy atom. The Morgan fingerprint density at radius 2 is 1.73 bits per heavy atom. The molecule has 4 rings (SSSR count). The van der Waals surface area contributed by atoms with Crippen molar-refractivity contribution in [3.8, 4) is 11.4 Å². The van der Waals surface area contributed by atoms with Crippen LogP contribution in [0.1, 0.15) is 29.0 Å². The number of methoxy groups -OCH3 is 1. The second-order valence-electron chi connectivity index (χ2n) is 6.11. The van der Waals surface area contributed by atoms with Crippen molar-refractivity contribution in [3.05, 3.63) is 71.2 Å². The number of hydrogen-bond donors (Lipinski definition) is 0. The molecule has 0 saturated carbocycles. The molecule has 0 amide bonds. The van der Waals surface area contributed by atoms with Crippen molar-refractivity contribution in [1.82, 2.24) is 9.78 Å². The molecule has 4 nitrogen and oxygen atoms in total. The second-order valence-corrected chi connectivity index (χ2v) is 7.41. The molecule has 0 bridgehead atoms. The van der Waals surface area contributed by atoms with E-state index >= 15 is 0 Å². The Bertz CT molecular complexity index is 978. The van der Waals surface area contributed by atoms with Crippen molar-refractivity contribution >= 4 is 22.6 Å². The number of benzene rings is 2. The van der Waals surface area contributed by atoms with Crippen LogP contribution in [-0.2, 0) is 0 Å². The summed E-state index contributed by atoms with van der Waals surface area (Å²) in [5.41, 5.74) is 3.99. The molecule has 1 aromatic heterocycles. The van der Waals surface area contributed by atoms with Crippen LogP contribution in [0.15, 0.2) is 53.5 Å².